The minimum atomic E-state index is -1.01. The smallest absolute Gasteiger partial charge is 0.310 e. The number of hydrogen-bond donors (Lipinski definition) is 2. The fourth-order valence-electron chi connectivity index (χ4n) is 2.38. The minimum absolute atomic E-state index is 0.00564. The Hall–Kier alpha value is -3.42. The lowest BCUT2D eigenvalue weighted by Gasteiger charge is -2.22. The maximum atomic E-state index is 12.5. The van der Waals surface area contributed by atoms with E-state index in [0.717, 1.165) is 0 Å². The Kier molecular flexibility index (Phi) is 6.35. The van der Waals surface area contributed by atoms with Gasteiger partial charge in [-0.15, -0.1) is 0 Å². The van der Waals surface area contributed by atoms with Gasteiger partial charge >= 0.3 is 5.69 Å². The average molecular weight is 385 g/mol. The Morgan fingerprint density at radius 1 is 1.07 bits per heavy atom. The molecule has 0 aromatic heterocycles. The number of nitro groups is 1. The minimum Gasteiger partial charge on any atom is -0.474 e. The molecule has 0 aliphatic carbocycles. The van der Waals surface area contributed by atoms with Crippen LogP contribution in [0.4, 0.5) is 11.4 Å². The number of hydrogen-bond acceptors (Lipinski definition) is 5. The highest BCUT2D eigenvalue weighted by atomic mass is 16.6. The monoisotopic (exact) mass is 385 g/mol. The molecule has 1 atom stereocenters. The van der Waals surface area contributed by atoms with Crippen molar-refractivity contribution in [2.75, 3.05) is 5.32 Å². The predicted molar refractivity (Wildman–Crippen MR) is 105 cm³/mol. The van der Waals surface area contributed by atoms with Crippen LogP contribution in [-0.4, -0.2) is 28.4 Å². The number of ether oxygens (including phenoxy) is 1. The number of carbonyl (C=O) groups excluding carboxylic acids is 2. The summed E-state index contributed by atoms with van der Waals surface area (Å²) >= 11 is 0. The molecule has 0 aliphatic rings. The van der Waals surface area contributed by atoms with E-state index in [-0.39, 0.29) is 17.3 Å². The Morgan fingerprint density at radius 3 is 2.32 bits per heavy atom. The molecule has 0 aliphatic heterocycles. The second-order valence-electron chi connectivity index (χ2n) is 7.22. The molecule has 0 radical (unpaired) electrons. The van der Waals surface area contributed by atoms with E-state index in [1.807, 2.05) is 20.8 Å². The van der Waals surface area contributed by atoms with Gasteiger partial charge in [-0.3, -0.25) is 19.7 Å². The summed E-state index contributed by atoms with van der Waals surface area (Å²) in [7, 11) is 0. The van der Waals surface area contributed by atoms with Crippen molar-refractivity contribution < 1.29 is 19.2 Å². The first-order valence-electron chi connectivity index (χ1n) is 8.71. The molecule has 2 aromatic rings. The van der Waals surface area contributed by atoms with Gasteiger partial charge in [-0.2, -0.15) is 0 Å². The van der Waals surface area contributed by atoms with Crippen molar-refractivity contribution >= 4 is 23.2 Å². The number of amides is 2. The van der Waals surface area contributed by atoms with Crippen LogP contribution in [0.1, 0.15) is 38.1 Å². The van der Waals surface area contributed by atoms with Crippen LogP contribution in [0.15, 0.2) is 48.5 Å². The first-order valence-corrected chi connectivity index (χ1v) is 8.71. The van der Waals surface area contributed by atoms with Gasteiger partial charge < -0.3 is 15.4 Å². The number of anilines is 1. The summed E-state index contributed by atoms with van der Waals surface area (Å²) in [4.78, 5) is 35.5. The van der Waals surface area contributed by atoms with Crippen LogP contribution in [0, 0.1) is 10.1 Å². The van der Waals surface area contributed by atoms with E-state index < -0.39 is 22.5 Å². The lowest BCUT2D eigenvalue weighted by atomic mass is 10.1. The third-order valence-corrected chi connectivity index (χ3v) is 3.65. The van der Waals surface area contributed by atoms with Gasteiger partial charge in [-0.1, -0.05) is 24.3 Å². The standard InChI is InChI=1S/C20H23N3O5/c1-13(28-17-12-8-7-11-16(17)23(26)27)18(24)21-15-10-6-5-9-14(15)19(25)22-20(2,3)4/h5-13H,1-4H3,(H,21,24)(H,22,25)/t13-/m0/s1. The quantitative estimate of drug-likeness (QED) is 0.584. The van der Waals surface area contributed by atoms with Crippen molar-refractivity contribution in [1.29, 1.82) is 0 Å². The summed E-state index contributed by atoms with van der Waals surface area (Å²) in [6, 6.07) is 12.4. The highest BCUT2D eigenvalue weighted by Gasteiger charge is 2.23. The molecule has 8 heteroatoms. The van der Waals surface area contributed by atoms with Crippen LogP contribution in [0.3, 0.4) is 0 Å². The number of nitrogens with one attached hydrogen (secondary N) is 2. The fraction of sp³-hybridized carbons (Fsp3) is 0.300. The molecule has 0 heterocycles. The summed E-state index contributed by atoms with van der Waals surface area (Å²) in [5, 5.41) is 16.6. The number of nitro benzene ring substituents is 1. The van der Waals surface area contributed by atoms with Crippen molar-refractivity contribution in [3.05, 3.63) is 64.2 Å². The average Bonchev–Trinajstić information content (AvgIpc) is 2.60. The normalized spacial score (nSPS) is 12.0. The number of para-hydroxylation sites is 3. The number of benzene rings is 2. The molecule has 0 bridgehead atoms. The summed E-state index contributed by atoms with van der Waals surface area (Å²) in [5.41, 5.74) is -0.0281. The van der Waals surface area contributed by atoms with Crippen molar-refractivity contribution in [2.45, 2.75) is 39.3 Å². The number of rotatable bonds is 6. The van der Waals surface area contributed by atoms with E-state index in [1.54, 1.807) is 30.3 Å². The van der Waals surface area contributed by atoms with Gasteiger partial charge in [0, 0.05) is 11.6 Å². The summed E-state index contributed by atoms with van der Waals surface area (Å²) < 4.78 is 5.47. The Labute approximate surface area is 163 Å². The molecule has 0 unspecified atom stereocenters. The second-order valence-corrected chi connectivity index (χ2v) is 7.22. The van der Waals surface area contributed by atoms with Gasteiger partial charge in [0.25, 0.3) is 11.8 Å². The van der Waals surface area contributed by atoms with Crippen LogP contribution in [0.25, 0.3) is 0 Å². The van der Waals surface area contributed by atoms with Crippen molar-refractivity contribution in [3.8, 4) is 5.75 Å². The van der Waals surface area contributed by atoms with E-state index in [0.29, 0.717) is 11.3 Å². The van der Waals surface area contributed by atoms with Gasteiger partial charge in [-0.25, -0.2) is 0 Å². The Morgan fingerprint density at radius 2 is 1.68 bits per heavy atom. The van der Waals surface area contributed by atoms with E-state index in [4.69, 9.17) is 4.74 Å². The van der Waals surface area contributed by atoms with E-state index in [9.17, 15) is 19.7 Å². The van der Waals surface area contributed by atoms with Crippen molar-refractivity contribution in [1.82, 2.24) is 5.32 Å². The number of nitrogens with zero attached hydrogens (tertiary/aromatic N) is 1. The molecule has 0 spiro atoms. The largest absolute Gasteiger partial charge is 0.474 e. The van der Waals surface area contributed by atoms with E-state index >= 15 is 0 Å². The van der Waals surface area contributed by atoms with Gasteiger partial charge in [0.05, 0.1) is 16.2 Å². The predicted octanol–water partition coefficient (Wildman–Crippen LogP) is 3.53. The highest BCUT2D eigenvalue weighted by Crippen LogP contribution is 2.27. The molecule has 2 aromatic carbocycles. The summed E-state index contributed by atoms with van der Waals surface area (Å²) in [6.45, 7) is 7.04. The molecule has 0 fully saturated rings. The van der Waals surface area contributed by atoms with Crippen LogP contribution in [0.5, 0.6) is 5.75 Å². The SMILES string of the molecule is C[C@H](Oc1ccccc1[N+](=O)[O-])C(=O)Nc1ccccc1C(=O)NC(C)(C)C. The zero-order valence-corrected chi connectivity index (χ0v) is 16.2. The van der Waals surface area contributed by atoms with Gasteiger partial charge in [0.1, 0.15) is 0 Å². The molecule has 0 saturated heterocycles. The van der Waals surface area contributed by atoms with Crippen LogP contribution in [-0.2, 0) is 4.79 Å². The third-order valence-electron chi connectivity index (χ3n) is 3.65. The van der Waals surface area contributed by atoms with Gasteiger partial charge in [0.15, 0.2) is 11.9 Å². The molecule has 0 saturated carbocycles. The van der Waals surface area contributed by atoms with Gasteiger partial charge in [-0.05, 0) is 45.9 Å². The van der Waals surface area contributed by atoms with Gasteiger partial charge in [0.2, 0.25) is 0 Å². The van der Waals surface area contributed by atoms with Crippen LogP contribution < -0.4 is 15.4 Å². The zero-order valence-electron chi connectivity index (χ0n) is 16.2. The lowest BCUT2D eigenvalue weighted by Crippen LogP contribution is -2.41. The zero-order chi connectivity index (χ0) is 20.9. The van der Waals surface area contributed by atoms with E-state index in [1.165, 1.54) is 25.1 Å². The van der Waals surface area contributed by atoms with Crippen LogP contribution >= 0.6 is 0 Å². The molecular formula is C20H23N3O5. The fourth-order valence-corrected chi connectivity index (χ4v) is 2.38. The molecule has 2 rings (SSSR count). The highest BCUT2D eigenvalue weighted by molar-refractivity contribution is 6.04. The van der Waals surface area contributed by atoms with Crippen molar-refractivity contribution in [2.24, 2.45) is 0 Å². The molecule has 8 nitrogen and oxygen atoms in total. The molecular weight excluding hydrogens is 362 g/mol. The summed E-state index contributed by atoms with van der Waals surface area (Å²) in [5.74, 6) is -0.862. The molecule has 28 heavy (non-hydrogen) atoms. The van der Waals surface area contributed by atoms with Crippen LogP contribution in [0.2, 0.25) is 0 Å². The lowest BCUT2D eigenvalue weighted by molar-refractivity contribution is -0.386. The first kappa shape index (κ1) is 20.9. The first-order chi connectivity index (χ1) is 13.1. The van der Waals surface area contributed by atoms with Crippen molar-refractivity contribution in [3.63, 3.8) is 0 Å². The number of carbonyl (C=O) groups is 2. The maximum absolute atomic E-state index is 12.5. The Balaban J connectivity index is 2.15. The summed E-state index contributed by atoms with van der Waals surface area (Å²) in [6.07, 6.45) is -1.01. The maximum Gasteiger partial charge on any atom is 0.310 e. The molecule has 2 N–H and O–H groups in total. The molecule has 148 valence electrons. The Bertz CT molecular complexity index is 889. The second kappa shape index (κ2) is 8.51. The topological polar surface area (TPSA) is 111 Å². The third kappa shape index (κ3) is 5.54. The van der Waals surface area contributed by atoms with E-state index in [2.05, 4.69) is 10.6 Å². The molecule has 2 amide bonds.